The fourth-order valence-corrected chi connectivity index (χ4v) is 3.96. The number of pyridine rings is 1. The van der Waals surface area contributed by atoms with E-state index >= 15 is 0 Å². The molecule has 1 N–H and O–H groups in total. The lowest BCUT2D eigenvalue weighted by Crippen LogP contribution is -2.33. The molecule has 0 saturated heterocycles. The molecule has 1 aromatic carbocycles. The molecule has 0 saturated carbocycles. The maximum absolute atomic E-state index is 13.2. The minimum absolute atomic E-state index is 0.174. The van der Waals surface area contributed by atoms with Crippen LogP contribution in [0.1, 0.15) is 36.7 Å². The van der Waals surface area contributed by atoms with Crippen molar-refractivity contribution in [2.45, 2.75) is 26.3 Å². The first-order valence-electron chi connectivity index (χ1n) is 10.9. The Balaban J connectivity index is 1.82. The zero-order valence-corrected chi connectivity index (χ0v) is 19.8. The van der Waals surface area contributed by atoms with E-state index in [0.717, 1.165) is 6.54 Å². The Morgan fingerprint density at radius 3 is 2.38 bits per heavy atom. The highest BCUT2D eigenvalue weighted by atomic mass is 16.5. The zero-order chi connectivity index (χ0) is 24.7. The summed E-state index contributed by atoms with van der Waals surface area (Å²) >= 11 is 0. The van der Waals surface area contributed by atoms with Crippen molar-refractivity contribution in [3.05, 3.63) is 88.0 Å². The highest BCUT2D eigenvalue weighted by Gasteiger charge is 2.38. The summed E-state index contributed by atoms with van der Waals surface area (Å²) < 4.78 is 10.6. The number of esters is 2. The Kier molecular flexibility index (Phi) is 8.17. The number of nitriles is 1. The number of nitrogens with one attached hydrogen (secondary N) is 1. The van der Waals surface area contributed by atoms with Gasteiger partial charge in [-0.15, -0.1) is 0 Å². The molecule has 0 radical (unpaired) electrons. The summed E-state index contributed by atoms with van der Waals surface area (Å²) in [4.78, 5) is 32.3. The van der Waals surface area contributed by atoms with E-state index in [1.807, 2.05) is 43.4 Å². The fourth-order valence-electron chi connectivity index (χ4n) is 3.96. The van der Waals surface area contributed by atoms with Crippen molar-refractivity contribution in [1.82, 2.24) is 15.2 Å². The molecule has 0 bridgehead atoms. The van der Waals surface area contributed by atoms with E-state index in [1.54, 1.807) is 32.0 Å². The highest BCUT2D eigenvalue weighted by Crippen LogP contribution is 2.38. The van der Waals surface area contributed by atoms with E-state index in [2.05, 4.69) is 15.2 Å². The van der Waals surface area contributed by atoms with Gasteiger partial charge >= 0.3 is 11.9 Å². The van der Waals surface area contributed by atoms with Crippen LogP contribution in [0.3, 0.4) is 0 Å². The molecule has 34 heavy (non-hydrogen) atoms. The number of ether oxygens (including phenoxy) is 2. The molecule has 8 nitrogen and oxygen atoms in total. The van der Waals surface area contributed by atoms with Gasteiger partial charge in [-0.3, -0.25) is 4.90 Å². The Labute approximate surface area is 199 Å². The summed E-state index contributed by atoms with van der Waals surface area (Å²) in [7, 11) is 3.24. The number of likely N-dealkylation sites (N-methyl/N-ethyl adjacent to an activating group) is 1. The molecule has 8 heteroatoms. The number of aromatic nitrogens is 1. The second-order valence-corrected chi connectivity index (χ2v) is 8.05. The van der Waals surface area contributed by atoms with Crippen molar-refractivity contribution >= 4 is 11.9 Å². The van der Waals surface area contributed by atoms with E-state index in [9.17, 15) is 14.9 Å². The van der Waals surface area contributed by atoms with Crippen molar-refractivity contribution in [3.8, 4) is 6.07 Å². The summed E-state index contributed by atoms with van der Waals surface area (Å²) in [6.07, 6.45) is 0. The van der Waals surface area contributed by atoms with Gasteiger partial charge in [0.05, 0.1) is 29.9 Å². The first-order chi connectivity index (χ1) is 16.3. The topological polar surface area (TPSA) is 105 Å². The molecule has 1 aromatic heterocycles. The summed E-state index contributed by atoms with van der Waals surface area (Å²) in [5, 5.41) is 12.4. The molecule has 0 amide bonds. The predicted molar refractivity (Wildman–Crippen MR) is 126 cm³/mol. The molecule has 2 aromatic rings. The van der Waals surface area contributed by atoms with E-state index < -0.39 is 17.9 Å². The summed E-state index contributed by atoms with van der Waals surface area (Å²) in [5.74, 6) is -1.96. The number of allylic oxidation sites excluding steroid dienone is 2. The van der Waals surface area contributed by atoms with Gasteiger partial charge in [-0.1, -0.05) is 36.4 Å². The minimum atomic E-state index is -0.823. The molecule has 1 aliphatic heterocycles. The molecule has 0 aliphatic carbocycles. The lowest BCUT2D eigenvalue weighted by Gasteiger charge is -2.29. The van der Waals surface area contributed by atoms with E-state index in [4.69, 9.17) is 9.47 Å². The summed E-state index contributed by atoms with van der Waals surface area (Å²) in [6, 6.07) is 16.9. The molecule has 0 spiro atoms. The quantitative estimate of drug-likeness (QED) is 0.600. The van der Waals surface area contributed by atoms with Crippen LogP contribution in [0.2, 0.25) is 0 Å². The van der Waals surface area contributed by atoms with Crippen LogP contribution < -0.4 is 5.32 Å². The number of carbonyl (C=O) groups excluding carboxylic acids is 2. The van der Waals surface area contributed by atoms with Crippen LogP contribution in [0.5, 0.6) is 0 Å². The minimum Gasteiger partial charge on any atom is -0.466 e. The van der Waals surface area contributed by atoms with Gasteiger partial charge in [0.15, 0.2) is 0 Å². The van der Waals surface area contributed by atoms with Crippen LogP contribution in [0.25, 0.3) is 0 Å². The van der Waals surface area contributed by atoms with Gasteiger partial charge in [0.25, 0.3) is 0 Å². The number of hydrogen-bond donors (Lipinski definition) is 1. The van der Waals surface area contributed by atoms with Gasteiger partial charge in [-0.05, 0) is 38.6 Å². The number of carbonyl (C=O) groups is 2. The second kappa shape index (κ2) is 11.3. The molecule has 3 rings (SSSR count). The standard InChI is InChI=1S/C26H28N4O4/c1-17-22(25(31)33-4)24(21-12-8-11-20(15-27)29-21)23(18(2)28-17)26(32)34-14-13-30(3)16-19-9-6-5-7-10-19/h5-12,24,28H,13-14,16H2,1-4H3. The van der Waals surface area contributed by atoms with Gasteiger partial charge < -0.3 is 14.8 Å². The van der Waals surface area contributed by atoms with Crippen LogP contribution >= 0.6 is 0 Å². The molecule has 1 atom stereocenters. The predicted octanol–water partition coefficient (Wildman–Crippen LogP) is 3.04. The number of hydrogen-bond acceptors (Lipinski definition) is 8. The van der Waals surface area contributed by atoms with Crippen molar-refractivity contribution in [3.63, 3.8) is 0 Å². The average Bonchev–Trinajstić information content (AvgIpc) is 2.83. The number of nitrogens with zero attached hydrogens (tertiary/aromatic N) is 3. The first-order valence-corrected chi connectivity index (χ1v) is 10.9. The number of rotatable bonds is 8. The normalized spacial score (nSPS) is 15.6. The third-order valence-electron chi connectivity index (χ3n) is 5.57. The second-order valence-electron chi connectivity index (χ2n) is 8.05. The Hall–Kier alpha value is -3.96. The number of dihydropyridines is 1. The van der Waals surface area contributed by atoms with Gasteiger partial charge in [0.1, 0.15) is 18.4 Å². The zero-order valence-electron chi connectivity index (χ0n) is 19.8. The lowest BCUT2D eigenvalue weighted by molar-refractivity contribution is -0.139. The Morgan fingerprint density at radius 1 is 1.06 bits per heavy atom. The van der Waals surface area contributed by atoms with E-state index in [-0.39, 0.29) is 23.4 Å². The third-order valence-corrected chi connectivity index (χ3v) is 5.57. The Bertz CT molecular complexity index is 1160. The monoisotopic (exact) mass is 460 g/mol. The van der Waals surface area contributed by atoms with Crippen LogP contribution in [0, 0.1) is 11.3 Å². The largest absolute Gasteiger partial charge is 0.466 e. The van der Waals surface area contributed by atoms with Crippen molar-refractivity contribution in [1.29, 1.82) is 5.26 Å². The van der Waals surface area contributed by atoms with E-state index in [0.29, 0.717) is 23.6 Å². The first kappa shape index (κ1) is 24.7. The molecule has 1 unspecified atom stereocenters. The van der Waals surface area contributed by atoms with Gasteiger partial charge in [0.2, 0.25) is 0 Å². The summed E-state index contributed by atoms with van der Waals surface area (Å²) in [6.45, 7) is 4.91. The van der Waals surface area contributed by atoms with Crippen molar-refractivity contribution in [2.24, 2.45) is 0 Å². The molecule has 0 fully saturated rings. The molecule has 1 aliphatic rings. The SMILES string of the molecule is COC(=O)C1=C(C)NC(C)=C(C(=O)OCCN(C)Cc2ccccc2)C1c1cccc(C#N)n1. The molecule has 2 heterocycles. The van der Waals surface area contributed by atoms with Crippen LogP contribution in [-0.4, -0.2) is 49.1 Å². The van der Waals surface area contributed by atoms with E-state index in [1.165, 1.54) is 12.7 Å². The highest BCUT2D eigenvalue weighted by molar-refractivity contribution is 5.99. The van der Waals surface area contributed by atoms with Crippen LogP contribution in [0.4, 0.5) is 0 Å². The van der Waals surface area contributed by atoms with Crippen molar-refractivity contribution < 1.29 is 19.1 Å². The average molecular weight is 461 g/mol. The Morgan fingerprint density at radius 2 is 1.74 bits per heavy atom. The molecular weight excluding hydrogens is 432 g/mol. The van der Waals surface area contributed by atoms with Gasteiger partial charge in [-0.25, -0.2) is 14.6 Å². The van der Waals surface area contributed by atoms with Crippen molar-refractivity contribution in [2.75, 3.05) is 27.3 Å². The third kappa shape index (κ3) is 5.69. The maximum atomic E-state index is 13.2. The number of methoxy groups -OCH3 is 1. The summed E-state index contributed by atoms with van der Waals surface area (Å²) in [5.41, 5.74) is 3.37. The van der Waals surface area contributed by atoms with Gasteiger partial charge in [-0.2, -0.15) is 5.26 Å². The van der Waals surface area contributed by atoms with Crippen LogP contribution in [0.15, 0.2) is 71.1 Å². The van der Waals surface area contributed by atoms with Gasteiger partial charge in [0, 0.05) is 24.5 Å². The number of benzene rings is 1. The lowest BCUT2D eigenvalue weighted by atomic mass is 9.82. The smallest absolute Gasteiger partial charge is 0.336 e. The molecular formula is C26H28N4O4. The maximum Gasteiger partial charge on any atom is 0.336 e. The van der Waals surface area contributed by atoms with Crippen LogP contribution in [-0.2, 0) is 25.6 Å². The molecule has 176 valence electrons. The fraction of sp³-hybridized carbons (Fsp3) is 0.308.